The molecule has 2 rings (SSSR count). The second kappa shape index (κ2) is 7.49. The Balaban J connectivity index is 2.08. The van der Waals surface area contributed by atoms with Gasteiger partial charge in [0.2, 0.25) is 0 Å². The first-order valence-corrected chi connectivity index (χ1v) is 7.84. The first kappa shape index (κ1) is 16.6. The SMILES string of the molecule is COC(C)c1nc(C)c(C(=O)NCc2ccccc2CO)s1. The molecule has 0 aliphatic heterocycles. The highest BCUT2D eigenvalue weighted by atomic mass is 32.1. The van der Waals surface area contributed by atoms with E-state index in [4.69, 9.17) is 4.74 Å². The van der Waals surface area contributed by atoms with Crippen molar-refractivity contribution in [3.63, 3.8) is 0 Å². The number of thiazole rings is 1. The second-order valence-electron chi connectivity index (χ2n) is 4.95. The van der Waals surface area contributed by atoms with Gasteiger partial charge in [0.1, 0.15) is 16.0 Å². The monoisotopic (exact) mass is 320 g/mol. The fourth-order valence-electron chi connectivity index (χ4n) is 2.04. The van der Waals surface area contributed by atoms with Crippen LogP contribution in [0.4, 0.5) is 0 Å². The highest BCUT2D eigenvalue weighted by Gasteiger charge is 2.18. The van der Waals surface area contributed by atoms with Gasteiger partial charge in [-0.15, -0.1) is 11.3 Å². The zero-order chi connectivity index (χ0) is 16.1. The number of carbonyl (C=O) groups excluding carboxylic acids is 1. The third kappa shape index (κ3) is 3.71. The van der Waals surface area contributed by atoms with Crippen molar-refractivity contribution >= 4 is 17.2 Å². The van der Waals surface area contributed by atoms with Crippen LogP contribution in [0.1, 0.15) is 44.5 Å². The maximum absolute atomic E-state index is 12.3. The summed E-state index contributed by atoms with van der Waals surface area (Å²) in [6.45, 7) is 4.06. The lowest BCUT2D eigenvalue weighted by Gasteiger charge is -2.08. The summed E-state index contributed by atoms with van der Waals surface area (Å²) < 4.78 is 5.23. The van der Waals surface area contributed by atoms with E-state index in [0.717, 1.165) is 16.1 Å². The summed E-state index contributed by atoms with van der Waals surface area (Å²) >= 11 is 1.35. The van der Waals surface area contributed by atoms with Gasteiger partial charge in [0.15, 0.2) is 0 Å². The summed E-state index contributed by atoms with van der Waals surface area (Å²) in [7, 11) is 1.62. The average Bonchev–Trinajstić information content (AvgIpc) is 2.94. The Morgan fingerprint density at radius 2 is 2.09 bits per heavy atom. The van der Waals surface area contributed by atoms with Crippen LogP contribution in [0, 0.1) is 6.92 Å². The number of hydrogen-bond donors (Lipinski definition) is 2. The fourth-order valence-corrected chi connectivity index (χ4v) is 3.05. The lowest BCUT2D eigenvalue weighted by molar-refractivity contribution is 0.0954. The number of aliphatic hydroxyl groups excluding tert-OH is 1. The van der Waals surface area contributed by atoms with Gasteiger partial charge in [-0.2, -0.15) is 0 Å². The zero-order valence-electron chi connectivity index (χ0n) is 12.9. The molecular weight excluding hydrogens is 300 g/mol. The molecule has 0 spiro atoms. The molecule has 1 atom stereocenters. The molecule has 1 aromatic carbocycles. The van der Waals surface area contributed by atoms with E-state index >= 15 is 0 Å². The maximum Gasteiger partial charge on any atom is 0.263 e. The van der Waals surface area contributed by atoms with Crippen LogP contribution in [0.15, 0.2) is 24.3 Å². The van der Waals surface area contributed by atoms with Crippen molar-refractivity contribution < 1.29 is 14.6 Å². The molecule has 1 heterocycles. The third-order valence-electron chi connectivity index (χ3n) is 3.45. The van der Waals surface area contributed by atoms with E-state index in [1.807, 2.05) is 38.1 Å². The van der Waals surface area contributed by atoms with Gasteiger partial charge in [0, 0.05) is 13.7 Å². The minimum atomic E-state index is -0.155. The highest BCUT2D eigenvalue weighted by Crippen LogP contribution is 2.25. The molecule has 0 bridgehead atoms. The van der Waals surface area contributed by atoms with E-state index in [1.165, 1.54) is 11.3 Å². The molecule has 1 amide bonds. The van der Waals surface area contributed by atoms with Gasteiger partial charge >= 0.3 is 0 Å². The van der Waals surface area contributed by atoms with Gasteiger partial charge in [0.25, 0.3) is 5.91 Å². The smallest absolute Gasteiger partial charge is 0.263 e. The first-order chi connectivity index (χ1) is 10.6. The van der Waals surface area contributed by atoms with Crippen LogP contribution < -0.4 is 5.32 Å². The number of aryl methyl sites for hydroxylation is 1. The standard InChI is InChI=1S/C16H20N2O3S/c1-10-14(22-16(18-10)11(2)21-3)15(20)17-8-12-6-4-5-7-13(12)9-19/h4-7,11,19H,8-9H2,1-3H3,(H,17,20). The number of aliphatic hydroxyl groups is 1. The summed E-state index contributed by atoms with van der Waals surface area (Å²) in [5, 5.41) is 13.0. The molecule has 1 unspecified atom stereocenters. The topological polar surface area (TPSA) is 71.5 Å². The Morgan fingerprint density at radius 1 is 1.41 bits per heavy atom. The van der Waals surface area contributed by atoms with Gasteiger partial charge in [-0.05, 0) is 25.0 Å². The molecule has 0 saturated heterocycles. The zero-order valence-corrected chi connectivity index (χ0v) is 13.7. The number of nitrogens with zero attached hydrogens (tertiary/aromatic N) is 1. The molecule has 1 aromatic heterocycles. The van der Waals surface area contributed by atoms with Gasteiger partial charge in [0.05, 0.1) is 12.3 Å². The quantitative estimate of drug-likeness (QED) is 0.858. The van der Waals surface area contributed by atoms with Crippen LogP contribution in [0.5, 0.6) is 0 Å². The molecule has 2 aromatic rings. The Kier molecular flexibility index (Phi) is 5.65. The molecule has 0 radical (unpaired) electrons. The predicted molar refractivity (Wildman–Crippen MR) is 85.8 cm³/mol. The number of aromatic nitrogens is 1. The van der Waals surface area contributed by atoms with Crippen molar-refractivity contribution in [2.75, 3.05) is 7.11 Å². The molecule has 22 heavy (non-hydrogen) atoms. The predicted octanol–water partition coefficient (Wildman–Crippen LogP) is 2.58. The highest BCUT2D eigenvalue weighted by molar-refractivity contribution is 7.13. The summed E-state index contributed by atoms with van der Waals surface area (Å²) in [5.41, 5.74) is 2.43. The van der Waals surface area contributed by atoms with Crippen LogP contribution in [0.3, 0.4) is 0 Å². The van der Waals surface area contributed by atoms with Crippen LogP contribution in [-0.2, 0) is 17.9 Å². The molecule has 6 heteroatoms. The van der Waals surface area contributed by atoms with Crippen LogP contribution in [0.2, 0.25) is 0 Å². The molecule has 0 fully saturated rings. The van der Waals surface area contributed by atoms with Gasteiger partial charge < -0.3 is 15.2 Å². The largest absolute Gasteiger partial charge is 0.392 e. The number of methoxy groups -OCH3 is 1. The lowest BCUT2D eigenvalue weighted by Crippen LogP contribution is -2.23. The second-order valence-corrected chi connectivity index (χ2v) is 5.98. The van der Waals surface area contributed by atoms with Crippen molar-refractivity contribution in [2.24, 2.45) is 0 Å². The van der Waals surface area contributed by atoms with Crippen molar-refractivity contribution in [3.05, 3.63) is 51.0 Å². The lowest BCUT2D eigenvalue weighted by atomic mass is 10.1. The van der Waals surface area contributed by atoms with E-state index in [-0.39, 0.29) is 18.6 Å². The fraction of sp³-hybridized carbons (Fsp3) is 0.375. The van der Waals surface area contributed by atoms with E-state index < -0.39 is 0 Å². The van der Waals surface area contributed by atoms with Crippen LogP contribution in [0.25, 0.3) is 0 Å². The number of hydrogen-bond acceptors (Lipinski definition) is 5. The minimum Gasteiger partial charge on any atom is -0.392 e. The Bertz CT molecular complexity index is 655. The molecule has 5 nitrogen and oxygen atoms in total. The summed E-state index contributed by atoms with van der Waals surface area (Å²) in [5.74, 6) is -0.155. The third-order valence-corrected chi connectivity index (χ3v) is 4.77. The number of ether oxygens (including phenoxy) is 1. The number of rotatable bonds is 6. The molecule has 2 N–H and O–H groups in total. The number of nitrogens with one attached hydrogen (secondary N) is 1. The molecular formula is C16H20N2O3S. The molecule has 118 valence electrons. The average molecular weight is 320 g/mol. The summed E-state index contributed by atoms with van der Waals surface area (Å²) in [6, 6.07) is 7.49. The van der Waals surface area contributed by atoms with Gasteiger partial charge in [-0.1, -0.05) is 24.3 Å². The van der Waals surface area contributed by atoms with Crippen LogP contribution >= 0.6 is 11.3 Å². The Labute approximate surface area is 134 Å². The summed E-state index contributed by atoms with van der Waals surface area (Å²) in [4.78, 5) is 17.3. The molecule has 0 aliphatic carbocycles. The van der Waals surface area contributed by atoms with E-state index in [2.05, 4.69) is 10.3 Å². The summed E-state index contributed by atoms with van der Waals surface area (Å²) in [6.07, 6.45) is -0.125. The number of carbonyl (C=O) groups is 1. The van der Waals surface area contributed by atoms with Crippen molar-refractivity contribution in [2.45, 2.75) is 33.1 Å². The van der Waals surface area contributed by atoms with Gasteiger partial charge in [-0.25, -0.2) is 4.98 Å². The van der Waals surface area contributed by atoms with E-state index in [9.17, 15) is 9.90 Å². The Hall–Kier alpha value is -1.76. The van der Waals surface area contributed by atoms with Crippen molar-refractivity contribution in [1.82, 2.24) is 10.3 Å². The van der Waals surface area contributed by atoms with Crippen molar-refractivity contribution in [1.29, 1.82) is 0 Å². The molecule has 0 aliphatic rings. The number of benzene rings is 1. The Morgan fingerprint density at radius 3 is 2.73 bits per heavy atom. The molecule has 0 saturated carbocycles. The van der Waals surface area contributed by atoms with Crippen molar-refractivity contribution in [3.8, 4) is 0 Å². The van der Waals surface area contributed by atoms with E-state index in [0.29, 0.717) is 17.1 Å². The van der Waals surface area contributed by atoms with E-state index in [1.54, 1.807) is 7.11 Å². The maximum atomic E-state index is 12.3. The van der Waals surface area contributed by atoms with Gasteiger partial charge in [-0.3, -0.25) is 4.79 Å². The van der Waals surface area contributed by atoms with Crippen LogP contribution in [-0.4, -0.2) is 23.1 Å². The first-order valence-electron chi connectivity index (χ1n) is 7.02. The minimum absolute atomic E-state index is 0.0405. The normalized spacial score (nSPS) is 12.2. The number of amides is 1.